The summed E-state index contributed by atoms with van der Waals surface area (Å²) in [7, 11) is 0. The summed E-state index contributed by atoms with van der Waals surface area (Å²) >= 11 is 0. The molecular formula is C28H38N8O3. The molecule has 11 nitrogen and oxygen atoms in total. The van der Waals surface area contributed by atoms with Gasteiger partial charge in [0.15, 0.2) is 5.82 Å². The first kappa shape index (κ1) is 27.0. The van der Waals surface area contributed by atoms with Gasteiger partial charge in [0.1, 0.15) is 12.1 Å². The standard InChI is InChI=1S/C28H38N8O3/c1-19(2)39-24-16-35(17-24)28(38)29-14-22-6-5-21(11-20(22)3)25-13-26(31-18-30-25)32-27-12-23-15-34(9-10-37)7-4-8-36(23)33-27/h5-6,11-13,18-19,24,37H,4,7-10,14-17H2,1-3H3,(H,29,38)(H,30,31,32,33). The summed E-state index contributed by atoms with van der Waals surface area (Å²) in [5, 5.41) is 20.4. The van der Waals surface area contributed by atoms with Crippen LogP contribution in [0.25, 0.3) is 11.3 Å². The lowest BCUT2D eigenvalue weighted by Crippen LogP contribution is -2.58. The number of nitrogens with zero attached hydrogens (tertiary/aromatic N) is 6. The Hall–Kier alpha value is -3.54. The highest BCUT2D eigenvalue weighted by molar-refractivity contribution is 5.75. The van der Waals surface area contributed by atoms with Crippen LogP contribution in [0.2, 0.25) is 0 Å². The molecule has 208 valence electrons. The van der Waals surface area contributed by atoms with Crippen LogP contribution in [0.4, 0.5) is 16.4 Å². The molecule has 3 N–H and O–H groups in total. The molecule has 4 heterocycles. The number of rotatable bonds is 9. The molecule has 3 aromatic rings. The van der Waals surface area contributed by atoms with E-state index in [2.05, 4.69) is 31.6 Å². The predicted octanol–water partition coefficient (Wildman–Crippen LogP) is 2.91. The van der Waals surface area contributed by atoms with E-state index >= 15 is 0 Å². The Morgan fingerprint density at radius 2 is 2.00 bits per heavy atom. The number of aryl methyl sites for hydroxylation is 2. The first-order valence-electron chi connectivity index (χ1n) is 13.6. The van der Waals surface area contributed by atoms with Crippen LogP contribution in [0.1, 0.15) is 37.1 Å². The molecule has 2 aromatic heterocycles. The van der Waals surface area contributed by atoms with E-state index in [-0.39, 0.29) is 24.8 Å². The van der Waals surface area contributed by atoms with Gasteiger partial charge in [-0.15, -0.1) is 0 Å². The summed E-state index contributed by atoms with van der Waals surface area (Å²) in [4.78, 5) is 25.3. The van der Waals surface area contributed by atoms with Gasteiger partial charge in [-0.05, 0) is 44.4 Å². The molecule has 0 aliphatic carbocycles. The van der Waals surface area contributed by atoms with Crippen LogP contribution in [0.15, 0.2) is 36.7 Å². The maximum Gasteiger partial charge on any atom is 0.317 e. The molecule has 0 atom stereocenters. The Balaban J connectivity index is 1.19. The van der Waals surface area contributed by atoms with Crippen molar-refractivity contribution in [2.24, 2.45) is 0 Å². The number of anilines is 2. The van der Waals surface area contributed by atoms with Crippen molar-refractivity contribution in [3.63, 3.8) is 0 Å². The number of hydrogen-bond acceptors (Lipinski definition) is 8. The molecule has 0 radical (unpaired) electrons. The third kappa shape index (κ3) is 6.73. The molecule has 0 unspecified atom stereocenters. The predicted molar refractivity (Wildman–Crippen MR) is 149 cm³/mol. The maximum absolute atomic E-state index is 12.5. The fourth-order valence-electron chi connectivity index (χ4n) is 5.05. The van der Waals surface area contributed by atoms with Crippen LogP contribution in [0.5, 0.6) is 0 Å². The smallest absolute Gasteiger partial charge is 0.317 e. The van der Waals surface area contributed by atoms with Crippen molar-refractivity contribution in [3.8, 4) is 11.3 Å². The van der Waals surface area contributed by atoms with E-state index in [0.29, 0.717) is 32.0 Å². The highest BCUT2D eigenvalue weighted by Crippen LogP contribution is 2.24. The van der Waals surface area contributed by atoms with E-state index in [0.717, 1.165) is 60.0 Å². The lowest BCUT2D eigenvalue weighted by Gasteiger charge is -2.39. The highest BCUT2D eigenvalue weighted by atomic mass is 16.5. The van der Waals surface area contributed by atoms with Crippen LogP contribution < -0.4 is 10.6 Å². The summed E-state index contributed by atoms with van der Waals surface area (Å²) in [5.74, 6) is 1.41. The second kappa shape index (κ2) is 12.1. The minimum atomic E-state index is -0.0636. The zero-order valence-electron chi connectivity index (χ0n) is 22.9. The van der Waals surface area contributed by atoms with Gasteiger partial charge < -0.3 is 25.4 Å². The van der Waals surface area contributed by atoms with Crippen molar-refractivity contribution < 1.29 is 14.6 Å². The van der Waals surface area contributed by atoms with E-state index < -0.39 is 0 Å². The van der Waals surface area contributed by atoms with Gasteiger partial charge in [-0.3, -0.25) is 9.58 Å². The summed E-state index contributed by atoms with van der Waals surface area (Å²) in [6.45, 7) is 11.2. The van der Waals surface area contributed by atoms with Gasteiger partial charge >= 0.3 is 6.03 Å². The zero-order valence-corrected chi connectivity index (χ0v) is 22.9. The fourth-order valence-corrected chi connectivity index (χ4v) is 5.05. The van der Waals surface area contributed by atoms with Gasteiger partial charge in [0.25, 0.3) is 0 Å². The van der Waals surface area contributed by atoms with Crippen LogP contribution in [0, 0.1) is 6.92 Å². The molecule has 5 rings (SSSR count). The highest BCUT2D eigenvalue weighted by Gasteiger charge is 2.31. The number of carbonyl (C=O) groups excluding carboxylic acids is 1. The largest absolute Gasteiger partial charge is 0.395 e. The molecule has 1 aromatic carbocycles. The first-order chi connectivity index (χ1) is 18.9. The van der Waals surface area contributed by atoms with Crippen molar-refractivity contribution in [3.05, 3.63) is 53.5 Å². The number of ether oxygens (including phenoxy) is 1. The van der Waals surface area contributed by atoms with Gasteiger partial charge in [0.05, 0.1) is 43.3 Å². The Kier molecular flexibility index (Phi) is 8.39. The zero-order chi connectivity index (χ0) is 27.4. The fraction of sp³-hybridized carbons (Fsp3) is 0.500. The number of hydrogen-bond donors (Lipinski definition) is 3. The second-order valence-corrected chi connectivity index (χ2v) is 10.5. The minimum Gasteiger partial charge on any atom is -0.395 e. The van der Waals surface area contributed by atoms with Gasteiger partial charge in [0.2, 0.25) is 0 Å². The van der Waals surface area contributed by atoms with E-state index in [9.17, 15) is 9.90 Å². The molecule has 0 bridgehead atoms. The van der Waals surface area contributed by atoms with Gasteiger partial charge in [-0.25, -0.2) is 14.8 Å². The quantitative estimate of drug-likeness (QED) is 0.383. The summed E-state index contributed by atoms with van der Waals surface area (Å²) in [6.07, 6.45) is 2.86. The molecule has 39 heavy (non-hydrogen) atoms. The maximum atomic E-state index is 12.5. The number of aliphatic hydroxyl groups is 1. The number of aromatic nitrogens is 4. The molecule has 2 aliphatic rings. The lowest BCUT2D eigenvalue weighted by molar-refractivity contribution is -0.0641. The molecule has 11 heteroatoms. The molecule has 1 saturated heterocycles. The SMILES string of the molecule is Cc1cc(-c2cc(Nc3cc4n(n3)CCCN(CCO)C4)ncn2)ccc1CNC(=O)N1CC(OC(C)C)C1. The summed E-state index contributed by atoms with van der Waals surface area (Å²) in [5.41, 5.74) is 5.04. The summed E-state index contributed by atoms with van der Waals surface area (Å²) < 4.78 is 7.76. The normalized spacial score (nSPS) is 16.1. The Bertz CT molecular complexity index is 1290. The van der Waals surface area contributed by atoms with Crippen molar-refractivity contribution in [2.45, 2.75) is 59.0 Å². The van der Waals surface area contributed by atoms with Crippen LogP contribution in [-0.2, 0) is 24.4 Å². The number of amides is 2. The Labute approximate surface area is 229 Å². The van der Waals surface area contributed by atoms with Gasteiger partial charge in [-0.2, -0.15) is 5.10 Å². The average molecular weight is 535 g/mol. The molecule has 2 amide bonds. The van der Waals surface area contributed by atoms with Crippen molar-refractivity contribution in [1.82, 2.24) is 34.9 Å². The Morgan fingerprint density at radius 3 is 2.77 bits per heavy atom. The number of fused-ring (bicyclic) bond motifs is 1. The topological polar surface area (TPSA) is 121 Å². The van der Waals surface area contributed by atoms with E-state index in [1.54, 1.807) is 11.2 Å². The number of benzene rings is 1. The molecule has 0 saturated carbocycles. The number of nitrogens with one attached hydrogen (secondary N) is 2. The van der Waals surface area contributed by atoms with Crippen LogP contribution in [-0.4, -0.2) is 85.7 Å². The molecule has 0 spiro atoms. The number of β-amino-alcohol motifs (C(OH)–C–C–N with tert-alkyl or cyclic N) is 1. The average Bonchev–Trinajstić information content (AvgIpc) is 3.15. The van der Waals surface area contributed by atoms with E-state index in [1.165, 1.54) is 0 Å². The van der Waals surface area contributed by atoms with Crippen molar-refractivity contribution in [1.29, 1.82) is 0 Å². The van der Waals surface area contributed by atoms with E-state index in [4.69, 9.17) is 9.84 Å². The van der Waals surface area contributed by atoms with Crippen LogP contribution >= 0.6 is 0 Å². The van der Waals surface area contributed by atoms with Gasteiger partial charge in [-0.1, -0.05) is 12.1 Å². The third-order valence-corrected chi connectivity index (χ3v) is 7.10. The lowest BCUT2D eigenvalue weighted by atomic mass is 10.0. The number of urea groups is 1. The Morgan fingerprint density at radius 1 is 1.15 bits per heavy atom. The molecule has 1 fully saturated rings. The van der Waals surface area contributed by atoms with Gasteiger partial charge in [0, 0.05) is 50.4 Å². The number of aliphatic hydroxyl groups excluding tert-OH is 1. The monoisotopic (exact) mass is 534 g/mol. The molecular weight excluding hydrogens is 496 g/mol. The minimum absolute atomic E-state index is 0.0636. The van der Waals surface area contributed by atoms with Crippen molar-refractivity contribution in [2.75, 3.05) is 38.1 Å². The summed E-state index contributed by atoms with van der Waals surface area (Å²) in [6, 6.07) is 10.0. The second-order valence-electron chi connectivity index (χ2n) is 10.5. The number of carbonyl (C=O) groups is 1. The third-order valence-electron chi connectivity index (χ3n) is 7.10. The van der Waals surface area contributed by atoms with Crippen LogP contribution in [0.3, 0.4) is 0 Å². The first-order valence-corrected chi connectivity index (χ1v) is 13.6. The van der Waals surface area contributed by atoms with Crippen molar-refractivity contribution >= 4 is 17.7 Å². The number of likely N-dealkylation sites (tertiary alicyclic amines) is 1. The molecule has 2 aliphatic heterocycles. The van der Waals surface area contributed by atoms with E-state index in [1.807, 2.05) is 49.7 Å².